The van der Waals surface area contributed by atoms with Crippen LogP contribution in [0.3, 0.4) is 0 Å². The highest BCUT2D eigenvalue weighted by Crippen LogP contribution is 2.21. The van der Waals surface area contributed by atoms with Crippen molar-refractivity contribution in [3.05, 3.63) is 66.2 Å². The van der Waals surface area contributed by atoms with E-state index in [-0.39, 0.29) is 6.04 Å². The van der Waals surface area contributed by atoms with E-state index in [1.807, 2.05) is 64.5 Å². The summed E-state index contributed by atoms with van der Waals surface area (Å²) in [6.07, 6.45) is 7.61. The Morgan fingerprint density at radius 2 is 1.81 bits per heavy atom. The minimum Gasteiger partial charge on any atom is -0.273 e. The first-order valence-electron chi connectivity index (χ1n) is 6.90. The van der Waals surface area contributed by atoms with Gasteiger partial charge in [-0.1, -0.05) is 18.2 Å². The van der Waals surface area contributed by atoms with Crippen LogP contribution < -0.4 is 11.3 Å². The van der Waals surface area contributed by atoms with E-state index < -0.39 is 0 Å². The topological polar surface area (TPSA) is 73.7 Å². The zero-order chi connectivity index (χ0) is 14.7. The van der Waals surface area contributed by atoms with E-state index in [0.717, 1.165) is 23.4 Å². The Bertz CT molecular complexity index is 700. The third-order valence-electron chi connectivity index (χ3n) is 3.43. The van der Waals surface area contributed by atoms with Crippen molar-refractivity contribution in [2.45, 2.75) is 19.5 Å². The van der Waals surface area contributed by atoms with Crippen LogP contribution in [0.1, 0.15) is 24.1 Å². The van der Waals surface area contributed by atoms with Crippen LogP contribution in [-0.2, 0) is 6.54 Å². The van der Waals surface area contributed by atoms with Gasteiger partial charge in [-0.3, -0.25) is 10.5 Å². The summed E-state index contributed by atoms with van der Waals surface area (Å²) >= 11 is 0. The lowest BCUT2D eigenvalue weighted by Gasteiger charge is -2.11. The van der Waals surface area contributed by atoms with Crippen LogP contribution in [-0.4, -0.2) is 19.6 Å². The third-order valence-corrected chi connectivity index (χ3v) is 3.43. The molecule has 0 aliphatic carbocycles. The van der Waals surface area contributed by atoms with E-state index in [9.17, 15) is 0 Å². The van der Waals surface area contributed by atoms with Crippen molar-refractivity contribution in [2.24, 2.45) is 5.84 Å². The van der Waals surface area contributed by atoms with Crippen LogP contribution in [0.4, 0.5) is 0 Å². The third kappa shape index (κ3) is 2.72. The average molecular weight is 282 g/mol. The van der Waals surface area contributed by atoms with Gasteiger partial charge in [0.15, 0.2) is 0 Å². The minimum atomic E-state index is -0.122. The number of para-hydroxylation sites is 1. The number of hydrazine groups is 1. The fourth-order valence-corrected chi connectivity index (χ4v) is 2.29. The molecule has 0 radical (unpaired) electrons. The van der Waals surface area contributed by atoms with E-state index in [1.54, 1.807) is 0 Å². The number of nitrogens with zero attached hydrogens (tertiary/aromatic N) is 4. The second-order valence-corrected chi connectivity index (χ2v) is 4.78. The molecule has 3 N–H and O–H groups in total. The SMILES string of the molecule is CCn1cc(C(NN)c2cnn(-c3ccccc3)c2)cn1. The number of hydrogen-bond acceptors (Lipinski definition) is 4. The summed E-state index contributed by atoms with van der Waals surface area (Å²) in [6.45, 7) is 2.88. The number of rotatable bonds is 5. The quantitative estimate of drug-likeness (QED) is 0.551. The molecule has 6 heteroatoms. The van der Waals surface area contributed by atoms with Crippen molar-refractivity contribution < 1.29 is 0 Å². The standard InChI is InChI=1S/C15H18N6/c1-2-20-10-12(8-17-20)15(19-16)13-9-18-21(11-13)14-6-4-3-5-7-14/h3-11,15,19H,2,16H2,1H3. The summed E-state index contributed by atoms with van der Waals surface area (Å²) in [7, 11) is 0. The number of benzene rings is 1. The molecule has 6 nitrogen and oxygen atoms in total. The molecule has 0 saturated carbocycles. The normalized spacial score (nSPS) is 12.5. The van der Waals surface area contributed by atoms with Crippen molar-refractivity contribution >= 4 is 0 Å². The van der Waals surface area contributed by atoms with Gasteiger partial charge in [-0.2, -0.15) is 10.2 Å². The molecular weight excluding hydrogens is 264 g/mol. The summed E-state index contributed by atoms with van der Waals surface area (Å²) in [4.78, 5) is 0. The molecule has 0 spiro atoms. The van der Waals surface area contributed by atoms with Gasteiger partial charge in [-0.25, -0.2) is 10.1 Å². The average Bonchev–Trinajstić information content (AvgIpc) is 3.19. The first kappa shape index (κ1) is 13.5. The van der Waals surface area contributed by atoms with Gasteiger partial charge in [-0.15, -0.1) is 0 Å². The zero-order valence-corrected chi connectivity index (χ0v) is 11.8. The molecule has 0 fully saturated rings. The molecule has 3 aromatic rings. The maximum absolute atomic E-state index is 5.71. The maximum atomic E-state index is 5.71. The summed E-state index contributed by atoms with van der Waals surface area (Å²) in [5.41, 5.74) is 5.87. The predicted octanol–water partition coefficient (Wildman–Crippen LogP) is 1.64. The molecule has 1 aromatic carbocycles. The summed E-state index contributed by atoms with van der Waals surface area (Å²) < 4.78 is 3.71. The summed E-state index contributed by atoms with van der Waals surface area (Å²) in [6, 6.07) is 9.86. The van der Waals surface area contributed by atoms with Crippen LogP contribution in [0.25, 0.3) is 5.69 Å². The lowest BCUT2D eigenvalue weighted by molar-refractivity contribution is 0.630. The van der Waals surface area contributed by atoms with Crippen LogP contribution in [0.2, 0.25) is 0 Å². The van der Waals surface area contributed by atoms with Crippen LogP contribution >= 0.6 is 0 Å². The molecule has 1 atom stereocenters. The molecule has 1 unspecified atom stereocenters. The second kappa shape index (κ2) is 5.90. The molecule has 2 heterocycles. The Balaban J connectivity index is 1.90. The van der Waals surface area contributed by atoms with Crippen molar-refractivity contribution in [1.82, 2.24) is 25.0 Å². The number of aromatic nitrogens is 4. The first-order valence-corrected chi connectivity index (χ1v) is 6.90. The van der Waals surface area contributed by atoms with Crippen molar-refractivity contribution in [3.63, 3.8) is 0 Å². The zero-order valence-electron chi connectivity index (χ0n) is 11.8. The van der Waals surface area contributed by atoms with Gasteiger partial charge < -0.3 is 0 Å². The molecule has 0 amide bonds. The number of nitrogens with one attached hydrogen (secondary N) is 1. The molecule has 21 heavy (non-hydrogen) atoms. The summed E-state index contributed by atoms with van der Waals surface area (Å²) in [5, 5.41) is 8.69. The molecule has 108 valence electrons. The van der Waals surface area contributed by atoms with E-state index >= 15 is 0 Å². The number of hydrogen-bond donors (Lipinski definition) is 2. The van der Waals surface area contributed by atoms with Gasteiger partial charge >= 0.3 is 0 Å². The number of nitrogens with two attached hydrogens (primary N) is 1. The Morgan fingerprint density at radius 1 is 1.10 bits per heavy atom. The van der Waals surface area contributed by atoms with Crippen LogP contribution in [0, 0.1) is 0 Å². The fraction of sp³-hybridized carbons (Fsp3) is 0.200. The van der Waals surface area contributed by atoms with E-state index in [1.165, 1.54) is 0 Å². The van der Waals surface area contributed by atoms with Gasteiger partial charge in [0.2, 0.25) is 0 Å². The van der Waals surface area contributed by atoms with Gasteiger partial charge in [0.1, 0.15) is 0 Å². The van der Waals surface area contributed by atoms with Crippen LogP contribution in [0.5, 0.6) is 0 Å². The van der Waals surface area contributed by atoms with Gasteiger partial charge in [0, 0.05) is 30.1 Å². The smallest absolute Gasteiger partial charge is 0.0771 e. The molecule has 0 aliphatic rings. The van der Waals surface area contributed by atoms with E-state index in [0.29, 0.717) is 0 Å². The van der Waals surface area contributed by atoms with Crippen LogP contribution in [0.15, 0.2) is 55.1 Å². The highest BCUT2D eigenvalue weighted by atomic mass is 15.3. The molecule has 0 bridgehead atoms. The highest BCUT2D eigenvalue weighted by molar-refractivity contribution is 5.33. The highest BCUT2D eigenvalue weighted by Gasteiger charge is 2.16. The fourth-order valence-electron chi connectivity index (χ4n) is 2.29. The van der Waals surface area contributed by atoms with Crippen molar-refractivity contribution in [1.29, 1.82) is 0 Å². The minimum absolute atomic E-state index is 0.122. The first-order chi connectivity index (χ1) is 10.3. The predicted molar refractivity (Wildman–Crippen MR) is 80.6 cm³/mol. The van der Waals surface area contributed by atoms with E-state index in [2.05, 4.69) is 22.5 Å². The Morgan fingerprint density at radius 3 is 2.48 bits per heavy atom. The Hall–Kier alpha value is -2.44. The van der Waals surface area contributed by atoms with Gasteiger partial charge in [-0.05, 0) is 19.1 Å². The maximum Gasteiger partial charge on any atom is 0.0771 e. The molecular formula is C15H18N6. The van der Waals surface area contributed by atoms with Gasteiger partial charge in [0.25, 0.3) is 0 Å². The Labute approximate surface area is 123 Å². The van der Waals surface area contributed by atoms with Crippen molar-refractivity contribution in [2.75, 3.05) is 0 Å². The molecule has 0 aliphatic heterocycles. The molecule has 0 saturated heterocycles. The lowest BCUT2D eigenvalue weighted by atomic mass is 10.1. The summed E-state index contributed by atoms with van der Waals surface area (Å²) in [5.74, 6) is 5.71. The monoisotopic (exact) mass is 282 g/mol. The number of aryl methyl sites for hydroxylation is 1. The molecule has 2 aromatic heterocycles. The molecule has 3 rings (SSSR count). The Kier molecular flexibility index (Phi) is 3.81. The second-order valence-electron chi connectivity index (χ2n) is 4.78. The van der Waals surface area contributed by atoms with Gasteiger partial charge in [0.05, 0.1) is 24.1 Å². The van der Waals surface area contributed by atoms with Crippen molar-refractivity contribution in [3.8, 4) is 5.69 Å². The largest absolute Gasteiger partial charge is 0.273 e. The lowest BCUT2D eigenvalue weighted by Crippen LogP contribution is -2.28. The van der Waals surface area contributed by atoms with E-state index in [4.69, 9.17) is 5.84 Å².